The number of amides is 1. The molecule has 1 aliphatic heterocycles. The highest BCUT2D eigenvalue weighted by atomic mass is 32.1. The summed E-state index contributed by atoms with van der Waals surface area (Å²) >= 11 is 1.41. The van der Waals surface area contributed by atoms with Crippen molar-refractivity contribution in [2.24, 2.45) is 5.92 Å². The van der Waals surface area contributed by atoms with Crippen molar-refractivity contribution in [2.45, 2.75) is 52.5 Å². The lowest BCUT2D eigenvalue weighted by atomic mass is 10.1. The third kappa shape index (κ3) is 4.33. The van der Waals surface area contributed by atoms with E-state index in [9.17, 15) is 4.79 Å². The Hall–Kier alpha value is -1.30. The highest BCUT2D eigenvalue weighted by Crippen LogP contribution is 2.30. The molecule has 0 bridgehead atoms. The van der Waals surface area contributed by atoms with Gasteiger partial charge in [-0.25, -0.2) is 4.98 Å². The van der Waals surface area contributed by atoms with Gasteiger partial charge in [0.1, 0.15) is 10.7 Å². The number of hydrogen-bond donors (Lipinski definition) is 2. The summed E-state index contributed by atoms with van der Waals surface area (Å²) in [5.41, 5.74) is 5.94. The van der Waals surface area contributed by atoms with Crippen molar-refractivity contribution in [3.8, 4) is 0 Å². The Kier molecular flexibility index (Phi) is 5.45. The van der Waals surface area contributed by atoms with Crippen molar-refractivity contribution in [1.82, 2.24) is 10.3 Å². The van der Waals surface area contributed by atoms with E-state index >= 15 is 0 Å². The van der Waals surface area contributed by atoms with Crippen molar-refractivity contribution in [3.63, 3.8) is 0 Å². The van der Waals surface area contributed by atoms with Crippen LogP contribution in [0.2, 0.25) is 0 Å². The van der Waals surface area contributed by atoms with Crippen LogP contribution in [0.3, 0.4) is 0 Å². The number of nitrogens with zero attached hydrogens (tertiary/aromatic N) is 2. The first-order valence-electron chi connectivity index (χ1n) is 7.79. The van der Waals surface area contributed by atoms with E-state index in [-0.39, 0.29) is 11.9 Å². The van der Waals surface area contributed by atoms with E-state index in [1.165, 1.54) is 30.6 Å². The third-order valence-electron chi connectivity index (χ3n) is 3.68. The molecule has 0 spiro atoms. The minimum atomic E-state index is -0.0959. The first kappa shape index (κ1) is 16.1. The summed E-state index contributed by atoms with van der Waals surface area (Å²) in [5, 5.41) is 3.90. The summed E-state index contributed by atoms with van der Waals surface area (Å²) in [4.78, 5) is 19.5. The van der Waals surface area contributed by atoms with Crippen LogP contribution in [0.4, 0.5) is 10.9 Å². The molecule has 1 amide bonds. The van der Waals surface area contributed by atoms with Crippen LogP contribution in [-0.2, 0) is 0 Å². The summed E-state index contributed by atoms with van der Waals surface area (Å²) in [7, 11) is 0. The fourth-order valence-corrected chi connectivity index (χ4v) is 3.70. The summed E-state index contributed by atoms with van der Waals surface area (Å²) in [5.74, 6) is 0.819. The van der Waals surface area contributed by atoms with E-state index in [0.29, 0.717) is 16.6 Å². The second-order valence-corrected chi connectivity index (χ2v) is 7.24. The number of nitrogen functional groups attached to an aromatic ring is 1. The number of carbonyl (C=O) groups is 1. The predicted molar refractivity (Wildman–Crippen MR) is 89.0 cm³/mol. The maximum atomic E-state index is 12.3. The molecule has 2 rings (SSSR count). The Morgan fingerprint density at radius 3 is 2.62 bits per heavy atom. The van der Waals surface area contributed by atoms with E-state index < -0.39 is 0 Å². The van der Waals surface area contributed by atoms with Gasteiger partial charge in [-0.05, 0) is 38.5 Å². The molecule has 1 aromatic rings. The van der Waals surface area contributed by atoms with Crippen molar-refractivity contribution >= 4 is 28.2 Å². The summed E-state index contributed by atoms with van der Waals surface area (Å²) in [6.45, 7) is 8.35. The molecule has 1 atom stereocenters. The van der Waals surface area contributed by atoms with Gasteiger partial charge >= 0.3 is 0 Å². The van der Waals surface area contributed by atoms with Gasteiger partial charge in [0.25, 0.3) is 5.91 Å². The van der Waals surface area contributed by atoms with Crippen LogP contribution in [0.25, 0.3) is 0 Å². The number of anilines is 2. The van der Waals surface area contributed by atoms with Gasteiger partial charge in [0, 0.05) is 19.1 Å². The molecule has 0 aromatic carbocycles. The molecule has 118 valence electrons. The fraction of sp³-hybridized carbons (Fsp3) is 0.733. The van der Waals surface area contributed by atoms with Crippen molar-refractivity contribution in [3.05, 3.63) is 4.88 Å². The molecule has 3 N–H and O–H groups in total. The lowest BCUT2D eigenvalue weighted by molar-refractivity contribution is 0.0941. The SMILES string of the molecule is CC(C)CC(C)NC(=O)c1sc(N2CCCCC2)nc1N. The Morgan fingerprint density at radius 2 is 2.00 bits per heavy atom. The smallest absolute Gasteiger partial charge is 0.265 e. The number of carbonyl (C=O) groups excluding carboxylic acids is 1. The van der Waals surface area contributed by atoms with Crippen LogP contribution in [-0.4, -0.2) is 30.0 Å². The van der Waals surface area contributed by atoms with Crippen LogP contribution in [0.15, 0.2) is 0 Å². The van der Waals surface area contributed by atoms with E-state index in [2.05, 4.69) is 29.0 Å². The second-order valence-electron chi connectivity index (χ2n) is 6.26. The Bertz CT molecular complexity index is 480. The van der Waals surface area contributed by atoms with Gasteiger partial charge in [0.2, 0.25) is 0 Å². The predicted octanol–water partition coefficient (Wildman–Crippen LogP) is 2.88. The summed E-state index contributed by atoms with van der Waals surface area (Å²) in [6, 6.07) is 0.150. The minimum Gasteiger partial charge on any atom is -0.382 e. The zero-order valence-electron chi connectivity index (χ0n) is 13.2. The number of piperidine rings is 1. The lowest BCUT2D eigenvalue weighted by Crippen LogP contribution is -2.33. The van der Waals surface area contributed by atoms with E-state index in [4.69, 9.17) is 5.73 Å². The standard InChI is InChI=1S/C15H26N4OS/c1-10(2)9-11(3)17-14(20)12-13(16)18-15(21-12)19-7-5-4-6-8-19/h10-11H,4-9,16H2,1-3H3,(H,17,20). The molecule has 0 radical (unpaired) electrons. The molecule has 1 saturated heterocycles. The monoisotopic (exact) mass is 310 g/mol. The highest BCUT2D eigenvalue weighted by Gasteiger charge is 2.21. The molecular formula is C15H26N4OS. The molecule has 6 heteroatoms. The number of thiazole rings is 1. The second kappa shape index (κ2) is 7.11. The third-order valence-corrected chi connectivity index (χ3v) is 4.81. The van der Waals surface area contributed by atoms with Crippen molar-refractivity contribution < 1.29 is 4.79 Å². The topological polar surface area (TPSA) is 71.2 Å². The first-order valence-corrected chi connectivity index (χ1v) is 8.61. The first-order chi connectivity index (χ1) is 9.97. The Morgan fingerprint density at radius 1 is 1.33 bits per heavy atom. The zero-order chi connectivity index (χ0) is 15.4. The average molecular weight is 310 g/mol. The van der Waals surface area contributed by atoms with Gasteiger partial charge in [0.15, 0.2) is 5.13 Å². The lowest BCUT2D eigenvalue weighted by Gasteiger charge is -2.25. The molecule has 1 aliphatic rings. The number of aromatic nitrogens is 1. The van der Waals surface area contributed by atoms with Gasteiger partial charge in [-0.15, -0.1) is 0 Å². The molecular weight excluding hydrogens is 284 g/mol. The number of hydrogen-bond acceptors (Lipinski definition) is 5. The molecule has 1 fully saturated rings. The summed E-state index contributed by atoms with van der Waals surface area (Å²) < 4.78 is 0. The van der Waals surface area contributed by atoms with Gasteiger partial charge in [0.05, 0.1) is 0 Å². The highest BCUT2D eigenvalue weighted by molar-refractivity contribution is 7.18. The summed E-state index contributed by atoms with van der Waals surface area (Å²) in [6.07, 6.45) is 4.61. The number of rotatable bonds is 5. The molecule has 21 heavy (non-hydrogen) atoms. The molecule has 0 saturated carbocycles. The van der Waals surface area contributed by atoms with Crippen LogP contribution in [0.1, 0.15) is 56.1 Å². The van der Waals surface area contributed by atoms with Gasteiger partial charge in [-0.3, -0.25) is 4.79 Å². The average Bonchev–Trinajstić information content (AvgIpc) is 2.81. The molecule has 5 nitrogen and oxygen atoms in total. The van der Waals surface area contributed by atoms with Crippen LogP contribution < -0.4 is 16.0 Å². The normalized spacial score (nSPS) is 17.0. The van der Waals surface area contributed by atoms with E-state index in [1.807, 2.05) is 6.92 Å². The van der Waals surface area contributed by atoms with E-state index in [1.54, 1.807) is 0 Å². The van der Waals surface area contributed by atoms with Gasteiger partial charge in [-0.2, -0.15) is 0 Å². The minimum absolute atomic E-state index is 0.0959. The largest absolute Gasteiger partial charge is 0.382 e. The van der Waals surface area contributed by atoms with Crippen LogP contribution in [0.5, 0.6) is 0 Å². The Balaban J connectivity index is 2.02. The molecule has 1 unspecified atom stereocenters. The maximum Gasteiger partial charge on any atom is 0.265 e. The van der Waals surface area contributed by atoms with Gasteiger partial charge < -0.3 is 16.0 Å². The quantitative estimate of drug-likeness (QED) is 0.877. The molecule has 2 heterocycles. The zero-order valence-corrected chi connectivity index (χ0v) is 14.0. The van der Waals surface area contributed by atoms with Gasteiger partial charge in [-0.1, -0.05) is 25.2 Å². The van der Waals surface area contributed by atoms with Crippen LogP contribution in [0, 0.1) is 5.92 Å². The Labute approximate surface area is 130 Å². The van der Waals surface area contributed by atoms with Crippen molar-refractivity contribution in [2.75, 3.05) is 23.7 Å². The maximum absolute atomic E-state index is 12.3. The molecule has 1 aromatic heterocycles. The number of nitrogens with two attached hydrogens (primary N) is 1. The molecule has 0 aliphatic carbocycles. The van der Waals surface area contributed by atoms with Crippen LogP contribution >= 0.6 is 11.3 Å². The van der Waals surface area contributed by atoms with E-state index in [0.717, 1.165) is 24.6 Å². The van der Waals surface area contributed by atoms with Crippen molar-refractivity contribution in [1.29, 1.82) is 0 Å². The fourth-order valence-electron chi connectivity index (χ4n) is 2.76. The number of nitrogens with one attached hydrogen (secondary N) is 1.